The molecule has 1 saturated heterocycles. The van der Waals surface area contributed by atoms with Gasteiger partial charge in [-0.25, -0.2) is 34.6 Å². The van der Waals surface area contributed by atoms with Crippen LogP contribution in [-0.2, 0) is 64.5 Å². The Morgan fingerprint density at radius 1 is 0.859 bits per heavy atom. The van der Waals surface area contributed by atoms with Crippen molar-refractivity contribution in [1.29, 1.82) is 0 Å². The Bertz CT molecular complexity index is 2610. The summed E-state index contributed by atoms with van der Waals surface area (Å²) in [6, 6.07) is 11.2. The molecule has 0 radical (unpaired) electrons. The first-order chi connectivity index (χ1) is 30.2. The summed E-state index contributed by atoms with van der Waals surface area (Å²) in [5.74, 6) is -2.63. The number of hydrogen-bond donors (Lipinski definition) is 0. The fraction of sp³-hybridized carbons (Fsp3) is 0.476. The number of imide groups is 1. The van der Waals surface area contributed by atoms with E-state index in [0.717, 1.165) is 5.56 Å². The quantitative estimate of drug-likeness (QED) is 0.0540. The number of amides is 2. The van der Waals surface area contributed by atoms with Crippen molar-refractivity contribution in [3.63, 3.8) is 0 Å². The summed E-state index contributed by atoms with van der Waals surface area (Å²) >= 11 is 0. The highest BCUT2D eigenvalue weighted by Gasteiger charge is 2.43. The predicted octanol–water partition coefficient (Wildman–Crippen LogP) is 2.83. The van der Waals surface area contributed by atoms with E-state index in [1.54, 1.807) is 38.3 Å². The van der Waals surface area contributed by atoms with Crippen LogP contribution in [0, 0.1) is 0 Å². The summed E-state index contributed by atoms with van der Waals surface area (Å²) in [5.41, 5.74) is 1.95. The maximum absolute atomic E-state index is 12.4. The van der Waals surface area contributed by atoms with E-state index in [0.29, 0.717) is 90.9 Å². The third kappa shape index (κ3) is 13.8. The van der Waals surface area contributed by atoms with Gasteiger partial charge in [-0.05, 0) is 80.1 Å². The highest BCUT2D eigenvalue weighted by Crippen LogP contribution is 2.51. The molecule has 19 nitrogen and oxygen atoms in total. The number of unbranched alkanes of at least 4 members (excludes halogenated alkanes) is 2. The van der Waals surface area contributed by atoms with Gasteiger partial charge in [-0.2, -0.15) is 0 Å². The lowest BCUT2D eigenvalue weighted by Gasteiger charge is -2.31. The number of hydroxylamine groups is 2. The number of anilines is 1. The number of allylic oxidation sites excluding steroid dienone is 3. The molecule has 0 N–H and O–H groups in total. The molecule has 64 heavy (non-hydrogen) atoms. The molecular formula is C42H51N3O16S3-2. The largest absolute Gasteiger partial charge is 0.748 e. The molecule has 1 atom stereocenters. The highest BCUT2D eigenvalue weighted by molar-refractivity contribution is 7.86. The van der Waals surface area contributed by atoms with Crippen LogP contribution in [0.5, 0.6) is 0 Å². The van der Waals surface area contributed by atoms with E-state index in [1.807, 2.05) is 27.7 Å². The minimum absolute atomic E-state index is 0.0306. The number of methoxy groups -OCH3 is 1. The van der Waals surface area contributed by atoms with Gasteiger partial charge < -0.3 is 37.3 Å². The highest BCUT2D eigenvalue weighted by atomic mass is 32.2. The van der Waals surface area contributed by atoms with Crippen molar-refractivity contribution >= 4 is 59.9 Å². The SMILES string of the molecule is COCCOCC[N+](CCCS(=O)(=O)[O-])=c1ccc2c(/C=C/C=C3/N(CCCCCC(=O)ON4C(=O)CCC4=O)c4ccc(S(=O)(=O)[O-])cc4C3(C)CCCS(=O)(=O)[O-])ccoc-2c1. The Kier molecular flexibility index (Phi) is 17.2. The average molecular weight is 950 g/mol. The molecule has 3 aliphatic heterocycles. The van der Waals surface area contributed by atoms with Gasteiger partial charge in [0.05, 0.1) is 50.7 Å². The van der Waals surface area contributed by atoms with Gasteiger partial charge in [0.25, 0.3) is 11.8 Å². The van der Waals surface area contributed by atoms with Crippen LogP contribution in [0.4, 0.5) is 5.69 Å². The second-order valence-corrected chi connectivity index (χ2v) is 19.9. The second kappa shape index (κ2) is 21.9. The van der Waals surface area contributed by atoms with E-state index < -0.39 is 70.0 Å². The monoisotopic (exact) mass is 949 g/mol. The van der Waals surface area contributed by atoms with Crippen LogP contribution in [0.1, 0.15) is 75.8 Å². The van der Waals surface area contributed by atoms with Crippen molar-refractivity contribution in [1.82, 2.24) is 9.64 Å². The van der Waals surface area contributed by atoms with Gasteiger partial charge >= 0.3 is 5.97 Å². The summed E-state index contributed by atoms with van der Waals surface area (Å²) in [5, 5.41) is 1.19. The molecule has 0 aromatic heterocycles. The van der Waals surface area contributed by atoms with E-state index in [9.17, 15) is 53.3 Å². The molecule has 3 heterocycles. The molecule has 0 spiro atoms. The molecule has 0 saturated carbocycles. The topological polar surface area (TPSA) is 273 Å². The Balaban J connectivity index is 1.46. The Morgan fingerprint density at radius 3 is 2.27 bits per heavy atom. The third-order valence-corrected chi connectivity index (χ3v) is 13.3. The zero-order valence-electron chi connectivity index (χ0n) is 35.5. The zero-order valence-corrected chi connectivity index (χ0v) is 37.9. The Hall–Kier alpha value is -4.81. The molecule has 0 bridgehead atoms. The van der Waals surface area contributed by atoms with Crippen molar-refractivity contribution in [2.24, 2.45) is 0 Å². The standard InChI is InChI=1S/C42H53N3O16S3/c1-42(19-7-27-62(49,50)51)35-30-33(64(55,56)57)13-15-36(35)44(21-5-3-4-11-41(48)61-45-39(46)16-17-40(45)47)38(42)10-6-9-31-18-23-60-37-29-32(12-14-34(31)37)43(20-8-28-63(52,53)54)22-24-59-26-25-58-2/h6,9-10,12-15,18,23,29-30H,3-5,7-8,11,16-17,19-22,24-28H2,1-2H3,(H2-,49,50,51,52,53,54,55,56,57)/p-2. The van der Waals surface area contributed by atoms with Crippen molar-refractivity contribution in [3.05, 3.63) is 83.1 Å². The number of fused-ring (bicyclic) bond motifs is 2. The van der Waals surface area contributed by atoms with Crippen LogP contribution >= 0.6 is 0 Å². The molecule has 5 rings (SSSR count). The lowest BCUT2D eigenvalue weighted by molar-refractivity contribution is -0.197. The third-order valence-electron chi connectivity index (χ3n) is 10.9. The van der Waals surface area contributed by atoms with Crippen molar-refractivity contribution in [2.45, 2.75) is 75.0 Å². The first-order valence-electron chi connectivity index (χ1n) is 20.6. The zero-order chi connectivity index (χ0) is 46.7. The predicted molar refractivity (Wildman–Crippen MR) is 228 cm³/mol. The van der Waals surface area contributed by atoms with E-state index >= 15 is 0 Å². The van der Waals surface area contributed by atoms with E-state index in [1.165, 1.54) is 24.5 Å². The molecule has 22 heteroatoms. The van der Waals surface area contributed by atoms with Crippen molar-refractivity contribution < 1.29 is 72.0 Å². The molecule has 1 fully saturated rings. The first-order valence-corrected chi connectivity index (χ1v) is 25.1. The Labute approximate surface area is 372 Å². The van der Waals surface area contributed by atoms with E-state index in [-0.39, 0.29) is 45.1 Å². The molecule has 1 aliphatic carbocycles. The van der Waals surface area contributed by atoms with Crippen LogP contribution in [-0.4, -0.2) is 120 Å². The van der Waals surface area contributed by atoms with E-state index in [4.69, 9.17) is 18.7 Å². The summed E-state index contributed by atoms with van der Waals surface area (Å²) in [6.45, 7) is 3.81. The lowest BCUT2D eigenvalue weighted by Crippen LogP contribution is -2.35. The van der Waals surface area contributed by atoms with Gasteiger partial charge in [0.2, 0.25) is 5.36 Å². The van der Waals surface area contributed by atoms with Crippen molar-refractivity contribution in [2.75, 3.05) is 63.0 Å². The molecule has 1 unspecified atom stereocenters. The summed E-state index contributed by atoms with van der Waals surface area (Å²) < 4.78 is 124. The normalized spacial score (nSPS) is 18.2. The maximum Gasteiger partial charge on any atom is 0.333 e. The van der Waals surface area contributed by atoms with E-state index in [2.05, 4.69) is 0 Å². The van der Waals surface area contributed by atoms with Crippen LogP contribution in [0.2, 0.25) is 0 Å². The van der Waals surface area contributed by atoms with Gasteiger partial charge in [-0.1, -0.05) is 18.6 Å². The fourth-order valence-electron chi connectivity index (χ4n) is 7.74. The van der Waals surface area contributed by atoms with Crippen LogP contribution in [0.25, 0.3) is 17.4 Å². The minimum Gasteiger partial charge on any atom is -0.748 e. The van der Waals surface area contributed by atoms with Crippen LogP contribution in [0.15, 0.2) is 75.9 Å². The summed E-state index contributed by atoms with van der Waals surface area (Å²) in [7, 11) is -12.4. The van der Waals surface area contributed by atoms with Crippen LogP contribution < -0.4 is 14.8 Å². The number of benzene rings is 2. The lowest BCUT2D eigenvalue weighted by atomic mass is 9.77. The van der Waals surface area contributed by atoms with Crippen LogP contribution in [0.3, 0.4) is 0 Å². The number of carbonyl (C=O) groups is 3. The molecule has 350 valence electrons. The average Bonchev–Trinajstić information content (AvgIpc) is 3.65. The molecule has 1 aromatic rings. The number of hydrogen-bond acceptors (Lipinski definition) is 17. The van der Waals surface area contributed by atoms with Gasteiger partial charge in [0.1, 0.15) is 29.0 Å². The Morgan fingerprint density at radius 2 is 1.58 bits per heavy atom. The van der Waals surface area contributed by atoms with Crippen molar-refractivity contribution in [3.8, 4) is 11.3 Å². The molecule has 2 amide bonds. The molecule has 4 aliphatic rings. The number of carbonyl (C=O) groups excluding carboxylic acids is 3. The number of rotatable bonds is 24. The van der Waals surface area contributed by atoms with Gasteiger partial charge in [0, 0.05) is 79.3 Å². The maximum atomic E-state index is 12.4. The smallest absolute Gasteiger partial charge is 0.333 e. The summed E-state index contributed by atoms with van der Waals surface area (Å²) in [4.78, 5) is 42.5. The number of nitrogens with zero attached hydrogens (tertiary/aromatic N) is 3. The minimum atomic E-state index is -4.90. The summed E-state index contributed by atoms with van der Waals surface area (Å²) in [6.07, 6.45) is 8.14. The number of ether oxygens (including phenoxy) is 2. The first kappa shape index (κ1) is 50.2. The second-order valence-electron chi connectivity index (χ2n) is 15.5. The van der Waals surface area contributed by atoms with Gasteiger partial charge in [-0.3, -0.25) is 9.59 Å². The fourth-order valence-corrected chi connectivity index (χ4v) is 9.22. The molecular weight excluding hydrogens is 899 g/mol. The van der Waals surface area contributed by atoms with Gasteiger partial charge in [-0.15, -0.1) is 5.06 Å². The van der Waals surface area contributed by atoms with Gasteiger partial charge in [0.15, 0.2) is 6.54 Å². The molecule has 1 aromatic carbocycles.